The molecule has 0 radical (unpaired) electrons. The second-order valence-corrected chi connectivity index (χ2v) is 7.48. The summed E-state index contributed by atoms with van der Waals surface area (Å²) in [5.41, 5.74) is 1.18. The number of halogens is 3. The van der Waals surface area contributed by atoms with Gasteiger partial charge in [0.15, 0.2) is 0 Å². The van der Waals surface area contributed by atoms with Crippen LogP contribution in [-0.2, 0) is 25.3 Å². The van der Waals surface area contributed by atoms with Crippen molar-refractivity contribution < 1.29 is 37.2 Å². The van der Waals surface area contributed by atoms with E-state index in [1.807, 2.05) is 0 Å². The van der Waals surface area contributed by atoms with Crippen molar-refractivity contribution in [3.63, 3.8) is 0 Å². The fourth-order valence-electron chi connectivity index (χ4n) is 3.46. The monoisotopic (exact) mass is 492 g/mol. The number of hydrogen-bond acceptors (Lipinski definition) is 7. The first-order valence-electron chi connectivity index (χ1n) is 10.2. The van der Waals surface area contributed by atoms with E-state index in [0.29, 0.717) is 5.56 Å². The molecule has 0 heterocycles. The Morgan fingerprint density at radius 1 is 1.09 bits per heavy atom. The van der Waals surface area contributed by atoms with E-state index >= 15 is 0 Å². The Morgan fingerprint density at radius 2 is 1.77 bits per heavy atom. The summed E-state index contributed by atoms with van der Waals surface area (Å²) in [6.45, 7) is 1.53. The first-order valence-corrected chi connectivity index (χ1v) is 10.2. The molecule has 35 heavy (non-hydrogen) atoms. The Morgan fingerprint density at radius 3 is 2.43 bits per heavy atom. The molecular weight excluding hydrogens is 473 g/mol. The molecular formula is C22H19F3N4O6. The number of nitrogens with zero attached hydrogens (tertiary/aromatic N) is 2. The molecule has 2 N–H and O–H groups in total. The maximum Gasteiger partial charge on any atom is 0.416 e. The highest BCUT2D eigenvalue weighted by Crippen LogP contribution is 2.48. The van der Waals surface area contributed by atoms with Crippen molar-refractivity contribution in [3.05, 3.63) is 69.8 Å². The smallest absolute Gasteiger partial charge is 0.416 e. The molecule has 0 spiro atoms. The number of rotatable bonds is 8. The van der Waals surface area contributed by atoms with Gasteiger partial charge in [0.05, 0.1) is 41.1 Å². The van der Waals surface area contributed by atoms with Crippen LogP contribution in [0.5, 0.6) is 0 Å². The Kier molecular flexibility index (Phi) is 7.47. The molecule has 0 saturated heterocycles. The highest BCUT2D eigenvalue weighted by Gasteiger charge is 2.63. The molecule has 3 atom stereocenters. The number of nitrogens with one attached hydrogen (secondary N) is 2. The Hall–Kier alpha value is -4.29. The number of nitro benzene ring substituents is 1. The molecule has 0 aliphatic heterocycles. The molecule has 1 fully saturated rings. The number of nitro groups is 1. The van der Waals surface area contributed by atoms with Gasteiger partial charge in [-0.3, -0.25) is 24.5 Å². The van der Waals surface area contributed by atoms with E-state index in [1.54, 1.807) is 0 Å². The lowest BCUT2D eigenvalue weighted by Crippen LogP contribution is -2.24. The highest BCUT2D eigenvalue weighted by atomic mass is 19.4. The van der Waals surface area contributed by atoms with Gasteiger partial charge in [0.2, 0.25) is 11.8 Å². The van der Waals surface area contributed by atoms with Crippen LogP contribution < -0.4 is 10.7 Å². The summed E-state index contributed by atoms with van der Waals surface area (Å²) in [6, 6.07) is 9.35. The molecule has 2 aromatic rings. The van der Waals surface area contributed by atoms with Crippen LogP contribution >= 0.6 is 0 Å². The molecule has 1 aliphatic rings. The van der Waals surface area contributed by atoms with Crippen molar-refractivity contribution in [1.82, 2.24) is 5.43 Å². The fourth-order valence-corrected chi connectivity index (χ4v) is 3.46. The van der Waals surface area contributed by atoms with Crippen LogP contribution in [0, 0.1) is 27.9 Å². The highest BCUT2D eigenvalue weighted by molar-refractivity contribution is 6.05. The minimum Gasteiger partial charge on any atom is -0.466 e. The van der Waals surface area contributed by atoms with Gasteiger partial charge < -0.3 is 10.1 Å². The molecule has 2 amide bonds. The number of carbonyl (C=O) groups is 3. The van der Waals surface area contributed by atoms with Gasteiger partial charge >= 0.3 is 12.1 Å². The predicted octanol–water partition coefficient (Wildman–Crippen LogP) is 3.13. The third-order valence-corrected chi connectivity index (χ3v) is 5.11. The molecule has 0 aromatic heterocycles. The van der Waals surface area contributed by atoms with Crippen molar-refractivity contribution in [2.75, 3.05) is 11.9 Å². The van der Waals surface area contributed by atoms with Gasteiger partial charge in [-0.15, -0.1) is 0 Å². The van der Waals surface area contributed by atoms with E-state index in [2.05, 4.69) is 15.8 Å². The maximum atomic E-state index is 12.9. The van der Waals surface area contributed by atoms with Crippen LogP contribution in [0.3, 0.4) is 0 Å². The summed E-state index contributed by atoms with van der Waals surface area (Å²) in [5, 5.41) is 16.8. The fraction of sp³-hybridized carbons (Fsp3) is 0.273. The number of esters is 1. The van der Waals surface area contributed by atoms with E-state index in [9.17, 15) is 37.7 Å². The van der Waals surface area contributed by atoms with E-state index in [4.69, 9.17) is 4.74 Å². The molecule has 1 saturated carbocycles. The number of alkyl halides is 3. The third kappa shape index (κ3) is 6.19. The molecule has 3 rings (SSSR count). The number of non-ortho nitro benzene ring substituents is 1. The average Bonchev–Trinajstić information content (AvgIpc) is 3.55. The van der Waals surface area contributed by atoms with Gasteiger partial charge in [0.1, 0.15) is 0 Å². The van der Waals surface area contributed by atoms with Crippen LogP contribution in [0.15, 0.2) is 53.6 Å². The normalized spacial score (nSPS) is 19.1. The van der Waals surface area contributed by atoms with Crippen molar-refractivity contribution in [2.45, 2.75) is 13.1 Å². The van der Waals surface area contributed by atoms with Crippen molar-refractivity contribution in [1.29, 1.82) is 0 Å². The van der Waals surface area contributed by atoms with Crippen LogP contribution in [0.25, 0.3) is 0 Å². The van der Waals surface area contributed by atoms with E-state index < -0.39 is 52.2 Å². The topological polar surface area (TPSA) is 140 Å². The second kappa shape index (κ2) is 10.3. The summed E-state index contributed by atoms with van der Waals surface area (Å²) in [7, 11) is 0. The van der Waals surface area contributed by atoms with Crippen molar-refractivity contribution >= 4 is 35.4 Å². The molecule has 0 unspecified atom stereocenters. The molecule has 184 valence electrons. The number of amides is 2. The lowest BCUT2D eigenvalue weighted by Gasteiger charge is -2.10. The zero-order valence-electron chi connectivity index (χ0n) is 18.1. The third-order valence-electron chi connectivity index (χ3n) is 5.11. The minimum atomic E-state index is -4.62. The molecule has 13 heteroatoms. The standard InChI is InChI=1S/C22H19F3N4O6/c1-2-35-21(32)18-16(19(30)27-14-7-4-6-13(10-14)22(23,24)25)17(18)20(31)28-26-11-12-5-3-8-15(9-12)29(33)34/h3-11,16-18H,2H2,1H3,(H,27,30)(H,28,31)/b26-11+/t16-,17-,18+/m0/s1. The molecule has 0 bridgehead atoms. The summed E-state index contributed by atoms with van der Waals surface area (Å²) in [4.78, 5) is 47.7. The van der Waals surface area contributed by atoms with E-state index in [0.717, 1.165) is 24.4 Å². The van der Waals surface area contributed by atoms with Crippen molar-refractivity contribution in [3.8, 4) is 0 Å². The van der Waals surface area contributed by atoms with Crippen LogP contribution in [-0.4, -0.2) is 35.5 Å². The zero-order valence-corrected chi connectivity index (χ0v) is 18.1. The Labute approximate surface area is 196 Å². The molecule has 10 nitrogen and oxygen atoms in total. The van der Waals surface area contributed by atoms with E-state index in [-0.39, 0.29) is 18.0 Å². The van der Waals surface area contributed by atoms with Gasteiger partial charge in [0, 0.05) is 23.4 Å². The Bertz CT molecular complexity index is 1180. The van der Waals surface area contributed by atoms with Gasteiger partial charge in [-0.25, -0.2) is 5.43 Å². The zero-order chi connectivity index (χ0) is 25.8. The van der Waals surface area contributed by atoms with Crippen LogP contribution in [0.1, 0.15) is 18.1 Å². The lowest BCUT2D eigenvalue weighted by atomic mass is 10.2. The number of ether oxygens (including phenoxy) is 1. The first-order chi connectivity index (χ1) is 16.5. The first kappa shape index (κ1) is 25.3. The summed E-state index contributed by atoms with van der Waals surface area (Å²) in [5.74, 6) is -5.92. The summed E-state index contributed by atoms with van der Waals surface area (Å²) < 4.78 is 43.7. The average molecular weight is 492 g/mol. The van der Waals surface area contributed by atoms with Gasteiger partial charge in [0.25, 0.3) is 5.69 Å². The number of carbonyl (C=O) groups excluding carboxylic acids is 3. The molecule has 2 aromatic carbocycles. The lowest BCUT2D eigenvalue weighted by molar-refractivity contribution is -0.384. The predicted molar refractivity (Wildman–Crippen MR) is 116 cm³/mol. The number of hydrogen-bond donors (Lipinski definition) is 2. The Balaban J connectivity index is 1.70. The van der Waals surface area contributed by atoms with Gasteiger partial charge in [-0.2, -0.15) is 18.3 Å². The van der Waals surface area contributed by atoms with Gasteiger partial charge in [-0.05, 0) is 25.1 Å². The van der Waals surface area contributed by atoms with E-state index in [1.165, 1.54) is 37.3 Å². The summed E-state index contributed by atoms with van der Waals surface area (Å²) >= 11 is 0. The van der Waals surface area contributed by atoms with Gasteiger partial charge in [-0.1, -0.05) is 18.2 Å². The molecule has 1 aliphatic carbocycles. The second-order valence-electron chi connectivity index (χ2n) is 7.48. The van der Waals surface area contributed by atoms with Crippen LogP contribution in [0.2, 0.25) is 0 Å². The van der Waals surface area contributed by atoms with Crippen molar-refractivity contribution in [2.24, 2.45) is 22.9 Å². The number of benzene rings is 2. The number of anilines is 1. The minimum absolute atomic E-state index is 0.00339. The number of hydrazone groups is 1. The quantitative estimate of drug-likeness (QED) is 0.251. The van der Waals surface area contributed by atoms with Crippen LogP contribution in [0.4, 0.5) is 24.5 Å². The largest absolute Gasteiger partial charge is 0.466 e. The maximum absolute atomic E-state index is 12.9. The summed E-state index contributed by atoms with van der Waals surface area (Å²) in [6.07, 6.45) is -3.47. The SMILES string of the molecule is CCOC(=O)[C@H]1[C@@H](C(=O)N/N=C/c2cccc([N+](=O)[O-])c2)[C@@H]1C(=O)Nc1cccc(C(F)(F)F)c1.